The van der Waals surface area contributed by atoms with Crippen LogP contribution in [0.2, 0.25) is 0 Å². The molecule has 0 aromatic carbocycles. The normalized spacial score (nSPS) is 17.0. The highest BCUT2D eigenvalue weighted by Gasteiger charge is 2.35. The van der Waals surface area contributed by atoms with Gasteiger partial charge in [0.25, 0.3) is 5.56 Å². The molecule has 3 heterocycles. The first-order valence-corrected chi connectivity index (χ1v) is 6.89. The van der Waals surface area contributed by atoms with Crippen molar-refractivity contribution in [1.29, 1.82) is 5.26 Å². The van der Waals surface area contributed by atoms with E-state index in [9.17, 15) is 14.9 Å². The van der Waals surface area contributed by atoms with Crippen LogP contribution in [0, 0.1) is 18.3 Å². The molecular formula is C13H10N4O3S. The minimum Gasteiger partial charge on any atom is -0.424 e. The van der Waals surface area contributed by atoms with E-state index in [-0.39, 0.29) is 22.9 Å². The fourth-order valence-electron chi connectivity index (χ4n) is 2.33. The molecule has 1 aliphatic heterocycles. The van der Waals surface area contributed by atoms with E-state index in [1.165, 1.54) is 11.3 Å². The number of nitrogens with two attached hydrogens (primary N) is 1. The SMILES string of the molecule is Cc1ccsc1C1C(C#N)=C(N)Oc2[nH]c(=O)[nH]c(=O)c21. The lowest BCUT2D eigenvalue weighted by Crippen LogP contribution is -2.33. The van der Waals surface area contributed by atoms with Gasteiger partial charge in [-0.2, -0.15) is 5.26 Å². The smallest absolute Gasteiger partial charge is 0.328 e. The number of nitriles is 1. The number of aromatic nitrogens is 2. The summed E-state index contributed by atoms with van der Waals surface area (Å²) in [6, 6.07) is 3.88. The monoisotopic (exact) mass is 302 g/mol. The predicted molar refractivity (Wildman–Crippen MR) is 76.0 cm³/mol. The van der Waals surface area contributed by atoms with E-state index in [0.29, 0.717) is 0 Å². The molecule has 3 rings (SSSR count). The molecule has 4 N–H and O–H groups in total. The first-order chi connectivity index (χ1) is 10.0. The fraction of sp³-hybridized carbons (Fsp3) is 0.154. The average Bonchev–Trinajstić information content (AvgIpc) is 2.82. The maximum absolute atomic E-state index is 12.1. The number of fused-ring (bicyclic) bond motifs is 1. The second-order valence-electron chi connectivity index (χ2n) is 4.54. The Bertz CT molecular complexity index is 912. The van der Waals surface area contributed by atoms with Crippen LogP contribution >= 0.6 is 11.3 Å². The number of rotatable bonds is 1. The number of hydrogen-bond donors (Lipinski definition) is 3. The molecule has 7 nitrogen and oxygen atoms in total. The van der Waals surface area contributed by atoms with Gasteiger partial charge in [-0.25, -0.2) is 4.79 Å². The van der Waals surface area contributed by atoms with E-state index in [1.54, 1.807) is 0 Å². The molecular weight excluding hydrogens is 292 g/mol. The van der Waals surface area contributed by atoms with Crippen LogP contribution in [0.4, 0.5) is 0 Å². The zero-order valence-electron chi connectivity index (χ0n) is 10.9. The van der Waals surface area contributed by atoms with Crippen molar-refractivity contribution >= 4 is 11.3 Å². The number of thiophene rings is 1. The zero-order chi connectivity index (χ0) is 15.1. The topological polar surface area (TPSA) is 125 Å². The quantitative estimate of drug-likeness (QED) is 0.713. The zero-order valence-corrected chi connectivity index (χ0v) is 11.7. The number of hydrogen-bond acceptors (Lipinski definition) is 6. The molecule has 0 amide bonds. The van der Waals surface area contributed by atoms with E-state index in [2.05, 4.69) is 9.97 Å². The largest absolute Gasteiger partial charge is 0.424 e. The van der Waals surface area contributed by atoms with Gasteiger partial charge in [0.1, 0.15) is 11.6 Å². The van der Waals surface area contributed by atoms with E-state index in [4.69, 9.17) is 10.5 Å². The molecule has 1 atom stereocenters. The Morgan fingerprint density at radius 3 is 2.81 bits per heavy atom. The number of ether oxygens (including phenoxy) is 1. The maximum atomic E-state index is 12.1. The Balaban J connectivity index is 2.37. The van der Waals surface area contributed by atoms with Gasteiger partial charge in [0.05, 0.1) is 11.5 Å². The third-order valence-electron chi connectivity index (χ3n) is 3.28. The standard InChI is InChI=1S/C13H10N4O3S/c1-5-2-3-21-9(5)7-6(4-14)10(15)20-12-8(7)11(18)16-13(19)17-12/h2-3,7H,15H2,1H3,(H2,16,17,18,19). The lowest BCUT2D eigenvalue weighted by atomic mass is 9.88. The highest BCUT2D eigenvalue weighted by Crippen LogP contribution is 2.41. The number of nitrogens with one attached hydrogen (secondary N) is 2. The van der Waals surface area contributed by atoms with Crippen molar-refractivity contribution in [3.05, 3.63) is 59.7 Å². The summed E-state index contributed by atoms with van der Waals surface area (Å²) in [6.45, 7) is 1.88. The third-order valence-corrected chi connectivity index (χ3v) is 4.37. The minimum atomic E-state index is -0.686. The highest BCUT2D eigenvalue weighted by molar-refractivity contribution is 7.10. The van der Waals surface area contributed by atoms with Gasteiger partial charge in [0, 0.05) is 4.88 Å². The Hall–Kier alpha value is -2.79. The number of aromatic amines is 2. The van der Waals surface area contributed by atoms with Crippen molar-refractivity contribution in [2.24, 2.45) is 5.73 Å². The van der Waals surface area contributed by atoms with Gasteiger partial charge in [-0.1, -0.05) is 0 Å². The fourth-order valence-corrected chi connectivity index (χ4v) is 3.38. The Labute approximate surface area is 122 Å². The summed E-state index contributed by atoms with van der Waals surface area (Å²) in [4.78, 5) is 28.9. The van der Waals surface area contributed by atoms with E-state index < -0.39 is 17.2 Å². The van der Waals surface area contributed by atoms with Gasteiger partial charge in [0.15, 0.2) is 0 Å². The summed E-state index contributed by atoms with van der Waals surface area (Å²) in [7, 11) is 0. The number of H-pyrrole nitrogens is 2. The molecule has 2 aromatic heterocycles. The second-order valence-corrected chi connectivity index (χ2v) is 5.49. The molecule has 0 radical (unpaired) electrons. The van der Waals surface area contributed by atoms with Gasteiger partial charge >= 0.3 is 5.69 Å². The predicted octanol–water partition coefficient (Wildman–Crippen LogP) is 0.651. The van der Waals surface area contributed by atoms with Crippen LogP contribution in [0.25, 0.3) is 0 Å². The molecule has 0 spiro atoms. The van der Waals surface area contributed by atoms with Crippen LogP contribution in [0.15, 0.2) is 32.5 Å². The second kappa shape index (κ2) is 4.64. The van der Waals surface area contributed by atoms with Crippen molar-refractivity contribution in [2.45, 2.75) is 12.8 Å². The molecule has 0 saturated carbocycles. The highest BCUT2D eigenvalue weighted by atomic mass is 32.1. The maximum Gasteiger partial charge on any atom is 0.328 e. The Kier molecular flexibility index (Phi) is 2.92. The Morgan fingerprint density at radius 2 is 2.19 bits per heavy atom. The molecule has 1 unspecified atom stereocenters. The van der Waals surface area contributed by atoms with Crippen molar-refractivity contribution < 1.29 is 4.74 Å². The van der Waals surface area contributed by atoms with Crippen LogP contribution in [0.3, 0.4) is 0 Å². The molecule has 0 aliphatic carbocycles. The van der Waals surface area contributed by atoms with Crippen molar-refractivity contribution in [3.8, 4) is 11.9 Å². The summed E-state index contributed by atoms with van der Waals surface area (Å²) in [6.07, 6.45) is 0. The molecule has 8 heteroatoms. The lowest BCUT2D eigenvalue weighted by molar-refractivity contribution is 0.373. The first-order valence-electron chi connectivity index (χ1n) is 6.01. The van der Waals surface area contributed by atoms with E-state index in [0.717, 1.165) is 10.4 Å². The number of aryl methyl sites for hydroxylation is 1. The van der Waals surface area contributed by atoms with Gasteiger partial charge in [-0.15, -0.1) is 11.3 Å². The van der Waals surface area contributed by atoms with Crippen molar-refractivity contribution in [1.82, 2.24) is 9.97 Å². The van der Waals surface area contributed by atoms with Crippen LogP contribution in [0.5, 0.6) is 5.88 Å². The van der Waals surface area contributed by atoms with Gasteiger partial charge in [0.2, 0.25) is 11.8 Å². The van der Waals surface area contributed by atoms with Crippen LogP contribution in [-0.4, -0.2) is 9.97 Å². The summed E-state index contributed by atoms with van der Waals surface area (Å²) in [5, 5.41) is 11.2. The number of nitrogens with zero attached hydrogens (tertiary/aromatic N) is 1. The first kappa shape index (κ1) is 13.2. The van der Waals surface area contributed by atoms with Crippen LogP contribution < -0.4 is 21.7 Å². The molecule has 106 valence electrons. The van der Waals surface area contributed by atoms with E-state index in [1.807, 2.05) is 24.4 Å². The average molecular weight is 302 g/mol. The van der Waals surface area contributed by atoms with Crippen molar-refractivity contribution in [3.63, 3.8) is 0 Å². The summed E-state index contributed by atoms with van der Waals surface area (Å²) in [5.41, 5.74) is 5.76. The van der Waals surface area contributed by atoms with Gasteiger partial charge < -0.3 is 10.5 Å². The van der Waals surface area contributed by atoms with Gasteiger partial charge in [-0.3, -0.25) is 14.8 Å². The van der Waals surface area contributed by atoms with E-state index >= 15 is 0 Å². The van der Waals surface area contributed by atoms with Crippen LogP contribution in [0.1, 0.15) is 21.9 Å². The lowest BCUT2D eigenvalue weighted by Gasteiger charge is -2.24. The summed E-state index contributed by atoms with van der Waals surface area (Å²) >= 11 is 1.41. The molecule has 0 saturated heterocycles. The third kappa shape index (κ3) is 1.95. The molecule has 2 aromatic rings. The number of allylic oxidation sites excluding steroid dienone is 1. The van der Waals surface area contributed by atoms with Crippen LogP contribution in [-0.2, 0) is 0 Å². The minimum absolute atomic E-state index is 0.0157. The summed E-state index contributed by atoms with van der Waals surface area (Å²) in [5.74, 6) is -0.763. The molecule has 0 fully saturated rings. The Morgan fingerprint density at radius 1 is 1.43 bits per heavy atom. The molecule has 1 aliphatic rings. The molecule has 0 bridgehead atoms. The molecule has 21 heavy (non-hydrogen) atoms. The summed E-state index contributed by atoms with van der Waals surface area (Å²) < 4.78 is 5.23. The van der Waals surface area contributed by atoms with Gasteiger partial charge in [-0.05, 0) is 23.9 Å². The van der Waals surface area contributed by atoms with Crippen molar-refractivity contribution in [2.75, 3.05) is 0 Å².